The first-order valence-electron chi connectivity index (χ1n) is 11.1. The van der Waals surface area contributed by atoms with Gasteiger partial charge in [0.05, 0.1) is 6.04 Å². The summed E-state index contributed by atoms with van der Waals surface area (Å²) >= 11 is 0. The van der Waals surface area contributed by atoms with Crippen molar-refractivity contribution >= 4 is 29.6 Å². The van der Waals surface area contributed by atoms with E-state index in [0.717, 1.165) is 5.56 Å². The van der Waals surface area contributed by atoms with Crippen molar-refractivity contribution < 1.29 is 29.1 Å². The number of hydrogen-bond donors (Lipinski definition) is 6. The van der Waals surface area contributed by atoms with Gasteiger partial charge in [0.25, 0.3) is 0 Å². The number of amides is 4. The zero-order chi connectivity index (χ0) is 25.8. The molecule has 0 saturated heterocycles. The summed E-state index contributed by atoms with van der Waals surface area (Å²) in [4.78, 5) is 60.9. The van der Waals surface area contributed by atoms with Crippen LogP contribution in [-0.2, 0) is 30.4 Å². The highest BCUT2D eigenvalue weighted by molar-refractivity contribution is 5.94. The molecule has 4 unspecified atom stereocenters. The second-order valence-corrected chi connectivity index (χ2v) is 8.63. The highest BCUT2D eigenvalue weighted by atomic mass is 16.4. The minimum atomic E-state index is -1.18. The maximum Gasteiger partial charge on any atom is 0.326 e. The predicted octanol–water partition coefficient (Wildman–Crippen LogP) is -0.573. The van der Waals surface area contributed by atoms with E-state index in [2.05, 4.69) is 16.0 Å². The lowest BCUT2D eigenvalue weighted by molar-refractivity contribution is -0.142. The van der Waals surface area contributed by atoms with Crippen LogP contribution in [0.25, 0.3) is 0 Å². The molecule has 0 saturated carbocycles. The third-order valence-corrected chi connectivity index (χ3v) is 4.96. The molecule has 4 atom stereocenters. The molecular weight excluding hydrogens is 442 g/mol. The van der Waals surface area contributed by atoms with Crippen LogP contribution in [0, 0.1) is 5.92 Å². The molecule has 1 rings (SSSR count). The maximum absolute atomic E-state index is 13.0. The van der Waals surface area contributed by atoms with Gasteiger partial charge >= 0.3 is 5.97 Å². The molecule has 0 heterocycles. The number of hydrogen-bond acceptors (Lipinski definition) is 6. The van der Waals surface area contributed by atoms with E-state index in [1.807, 2.05) is 13.8 Å². The predicted molar refractivity (Wildman–Crippen MR) is 125 cm³/mol. The van der Waals surface area contributed by atoms with Crippen LogP contribution in [0.15, 0.2) is 30.3 Å². The number of benzene rings is 1. The molecule has 1 aromatic rings. The van der Waals surface area contributed by atoms with Gasteiger partial charge in [0.15, 0.2) is 0 Å². The number of nitrogens with one attached hydrogen (secondary N) is 3. The number of carbonyl (C=O) groups excluding carboxylic acids is 4. The van der Waals surface area contributed by atoms with Crippen LogP contribution in [0.4, 0.5) is 0 Å². The third kappa shape index (κ3) is 10.4. The summed E-state index contributed by atoms with van der Waals surface area (Å²) in [5, 5.41) is 17.0. The summed E-state index contributed by atoms with van der Waals surface area (Å²) in [5.41, 5.74) is 11.5. The van der Waals surface area contributed by atoms with Gasteiger partial charge in [0.2, 0.25) is 23.6 Å². The van der Waals surface area contributed by atoms with Gasteiger partial charge in [-0.25, -0.2) is 4.79 Å². The monoisotopic (exact) mass is 477 g/mol. The molecule has 11 nitrogen and oxygen atoms in total. The normalized spacial score (nSPS) is 14.4. The van der Waals surface area contributed by atoms with E-state index < -0.39 is 53.8 Å². The molecule has 1 aromatic carbocycles. The summed E-state index contributed by atoms with van der Waals surface area (Å²) in [6.45, 7) is 5.09. The van der Waals surface area contributed by atoms with Crippen LogP contribution < -0.4 is 27.4 Å². The van der Waals surface area contributed by atoms with Gasteiger partial charge < -0.3 is 32.5 Å². The molecular formula is C23H35N5O6. The van der Waals surface area contributed by atoms with Gasteiger partial charge in [-0.05, 0) is 31.2 Å². The minimum absolute atomic E-state index is 0.00945. The lowest BCUT2D eigenvalue weighted by Crippen LogP contribution is -2.57. The van der Waals surface area contributed by atoms with Gasteiger partial charge in [-0.3, -0.25) is 19.2 Å². The molecule has 0 aromatic heterocycles. The first-order valence-corrected chi connectivity index (χ1v) is 11.1. The molecule has 0 aliphatic rings. The number of carbonyl (C=O) groups is 5. The Morgan fingerprint density at radius 1 is 0.853 bits per heavy atom. The summed E-state index contributed by atoms with van der Waals surface area (Å²) in [5.74, 6) is -3.86. The summed E-state index contributed by atoms with van der Waals surface area (Å²) in [6.07, 6.45) is 0.0156. The zero-order valence-electron chi connectivity index (χ0n) is 19.7. The van der Waals surface area contributed by atoms with Crippen molar-refractivity contribution in [2.24, 2.45) is 17.4 Å². The van der Waals surface area contributed by atoms with Gasteiger partial charge in [-0.1, -0.05) is 44.2 Å². The molecule has 0 aliphatic carbocycles. The Bertz CT molecular complexity index is 859. The number of carboxylic acid groups (broad SMARTS) is 1. The van der Waals surface area contributed by atoms with Crippen LogP contribution >= 0.6 is 0 Å². The van der Waals surface area contributed by atoms with Gasteiger partial charge in [0, 0.05) is 12.8 Å². The molecule has 0 aliphatic heterocycles. The van der Waals surface area contributed by atoms with Gasteiger partial charge in [0.1, 0.15) is 18.1 Å². The van der Waals surface area contributed by atoms with E-state index in [0.29, 0.717) is 0 Å². The Kier molecular flexibility index (Phi) is 11.7. The van der Waals surface area contributed by atoms with E-state index in [9.17, 15) is 29.1 Å². The molecule has 8 N–H and O–H groups in total. The first kappa shape index (κ1) is 28.6. The highest BCUT2D eigenvalue weighted by Crippen LogP contribution is 2.09. The summed E-state index contributed by atoms with van der Waals surface area (Å²) < 4.78 is 0. The Morgan fingerprint density at radius 3 is 1.88 bits per heavy atom. The SMILES string of the molecule is CC(C)CC(NC(=O)C(Cc1ccccc1)NC(=O)C(CCC(N)=O)NC(=O)C(C)N)C(=O)O. The Morgan fingerprint density at radius 2 is 1.38 bits per heavy atom. The van der Waals surface area contributed by atoms with E-state index in [1.165, 1.54) is 6.92 Å². The number of nitrogens with two attached hydrogens (primary N) is 2. The topological polar surface area (TPSA) is 194 Å². The van der Waals surface area contributed by atoms with Crippen molar-refractivity contribution in [2.45, 2.75) is 70.6 Å². The number of rotatable bonds is 14. The summed E-state index contributed by atoms with van der Waals surface area (Å²) in [7, 11) is 0. The van der Waals surface area contributed by atoms with Crippen LogP contribution in [0.1, 0.15) is 45.6 Å². The van der Waals surface area contributed by atoms with E-state index in [-0.39, 0.29) is 31.6 Å². The second-order valence-electron chi connectivity index (χ2n) is 8.63. The van der Waals surface area contributed by atoms with Crippen molar-refractivity contribution in [2.75, 3.05) is 0 Å². The van der Waals surface area contributed by atoms with E-state index in [4.69, 9.17) is 11.5 Å². The van der Waals surface area contributed by atoms with Crippen molar-refractivity contribution in [1.82, 2.24) is 16.0 Å². The first-order chi connectivity index (χ1) is 15.9. The molecule has 0 radical (unpaired) electrons. The second kappa shape index (κ2) is 13.9. The zero-order valence-corrected chi connectivity index (χ0v) is 19.7. The van der Waals surface area contributed by atoms with Crippen molar-refractivity contribution in [1.29, 1.82) is 0 Å². The highest BCUT2D eigenvalue weighted by Gasteiger charge is 2.30. The fraction of sp³-hybridized carbons (Fsp3) is 0.522. The van der Waals surface area contributed by atoms with E-state index >= 15 is 0 Å². The molecule has 4 amide bonds. The van der Waals surface area contributed by atoms with Crippen LogP contribution in [0.3, 0.4) is 0 Å². The van der Waals surface area contributed by atoms with Crippen molar-refractivity contribution in [3.05, 3.63) is 35.9 Å². The minimum Gasteiger partial charge on any atom is -0.480 e. The number of aliphatic carboxylic acids is 1. The average molecular weight is 478 g/mol. The molecule has 34 heavy (non-hydrogen) atoms. The van der Waals surface area contributed by atoms with Crippen molar-refractivity contribution in [3.63, 3.8) is 0 Å². The number of primary amides is 1. The lowest BCUT2D eigenvalue weighted by atomic mass is 10.0. The Balaban J connectivity index is 3.11. The molecule has 188 valence electrons. The Labute approximate surface area is 199 Å². The average Bonchev–Trinajstić information content (AvgIpc) is 2.75. The molecule has 0 fully saturated rings. The fourth-order valence-electron chi connectivity index (χ4n) is 3.16. The van der Waals surface area contributed by atoms with Crippen LogP contribution in [0.5, 0.6) is 0 Å². The fourth-order valence-corrected chi connectivity index (χ4v) is 3.16. The molecule has 0 spiro atoms. The van der Waals surface area contributed by atoms with E-state index in [1.54, 1.807) is 30.3 Å². The molecule has 11 heteroatoms. The van der Waals surface area contributed by atoms with Crippen LogP contribution in [0.2, 0.25) is 0 Å². The van der Waals surface area contributed by atoms with Crippen molar-refractivity contribution in [3.8, 4) is 0 Å². The Hall–Kier alpha value is -3.47. The molecule has 0 bridgehead atoms. The standard InChI is InChI=1S/C23H35N5O6/c1-13(2)11-18(23(33)34)28-22(32)17(12-15-7-5-4-6-8-15)27-21(31)16(9-10-19(25)29)26-20(30)14(3)24/h4-8,13-14,16-18H,9-12,24H2,1-3H3,(H2,25,29)(H,26,30)(H,27,31)(H,28,32)(H,33,34). The third-order valence-electron chi connectivity index (χ3n) is 4.96. The summed E-state index contributed by atoms with van der Waals surface area (Å²) in [6, 6.07) is 4.52. The van der Waals surface area contributed by atoms with Gasteiger partial charge in [-0.15, -0.1) is 0 Å². The number of carboxylic acids is 1. The maximum atomic E-state index is 13.0. The largest absolute Gasteiger partial charge is 0.480 e. The quantitative estimate of drug-likeness (QED) is 0.206. The van der Waals surface area contributed by atoms with Crippen LogP contribution in [-0.4, -0.2) is 58.9 Å². The smallest absolute Gasteiger partial charge is 0.326 e. The van der Waals surface area contributed by atoms with Gasteiger partial charge in [-0.2, -0.15) is 0 Å². The lowest BCUT2D eigenvalue weighted by Gasteiger charge is -2.25.